The van der Waals surface area contributed by atoms with Crippen LogP contribution in [0.1, 0.15) is 34.8 Å². The number of amides is 1. The molecule has 22 heavy (non-hydrogen) atoms. The molecule has 1 unspecified atom stereocenters. The molecule has 3 nitrogen and oxygen atoms in total. The Bertz CT molecular complexity index is 681. The van der Waals surface area contributed by atoms with E-state index in [9.17, 15) is 9.59 Å². The van der Waals surface area contributed by atoms with Crippen molar-refractivity contribution >= 4 is 46.7 Å². The highest BCUT2D eigenvalue weighted by Crippen LogP contribution is 2.39. The minimum Gasteiger partial charge on any atom is -0.318 e. The van der Waals surface area contributed by atoms with E-state index < -0.39 is 0 Å². The quantitative estimate of drug-likeness (QED) is 0.842. The molecule has 1 aromatic rings. The van der Waals surface area contributed by atoms with Gasteiger partial charge in [0.1, 0.15) is 5.37 Å². The number of hydrogen-bond acceptors (Lipinski definition) is 4. The number of hydrogen-bond donors (Lipinski definition) is 0. The molecule has 0 aromatic heterocycles. The number of carbonyl (C=O) groups excluding carboxylic acids is 2. The van der Waals surface area contributed by atoms with E-state index in [0.29, 0.717) is 12.1 Å². The Morgan fingerprint density at radius 1 is 1.36 bits per heavy atom. The average Bonchev–Trinajstić information content (AvgIpc) is 2.98. The van der Waals surface area contributed by atoms with Crippen LogP contribution < -0.4 is 0 Å². The van der Waals surface area contributed by atoms with Crippen LogP contribution in [0.25, 0.3) is 12.2 Å². The van der Waals surface area contributed by atoms with E-state index in [1.165, 1.54) is 11.8 Å². The van der Waals surface area contributed by atoms with Crippen molar-refractivity contribution in [1.82, 2.24) is 4.90 Å². The first-order valence-corrected chi connectivity index (χ1v) is 9.13. The van der Waals surface area contributed by atoms with Gasteiger partial charge in [0.05, 0.1) is 5.56 Å². The molecule has 0 saturated carbocycles. The molecule has 1 fully saturated rings. The van der Waals surface area contributed by atoms with Gasteiger partial charge in [0.25, 0.3) is 5.91 Å². The zero-order chi connectivity index (χ0) is 15.7. The summed E-state index contributed by atoms with van der Waals surface area (Å²) < 4.78 is 0. The zero-order valence-corrected chi connectivity index (χ0v) is 14.0. The van der Waals surface area contributed by atoms with E-state index in [-0.39, 0.29) is 16.4 Å². The van der Waals surface area contributed by atoms with Crippen molar-refractivity contribution in [3.63, 3.8) is 0 Å². The Balaban J connectivity index is 2.12. The van der Waals surface area contributed by atoms with Crippen LogP contribution in [0.3, 0.4) is 0 Å². The molecule has 0 spiro atoms. The minimum atomic E-state index is -0.341. The van der Waals surface area contributed by atoms with E-state index in [1.54, 1.807) is 22.7 Å². The monoisotopic (exact) mass is 331 g/mol. The normalized spacial score (nSPS) is 21.0. The van der Waals surface area contributed by atoms with Crippen molar-refractivity contribution in [2.75, 3.05) is 12.3 Å². The maximum Gasteiger partial charge on any atom is 0.256 e. The summed E-state index contributed by atoms with van der Waals surface area (Å²) in [5.41, 5.74) is 2.55. The lowest BCUT2D eigenvalue weighted by molar-refractivity contribution is -0.112. The smallest absolute Gasteiger partial charge is 0.256 e. The summed E-state index contributed by atoms with van der Waals surface area (Å²) in [4.78, 5) is 27.6. The summed E-state index contributed by atoms with van der Waals surface area (Å²) >= 11 is 2.73. The lowest BCUT2D eigenvalue weighted by atomic mass is 10.0. The van der Waals surface area contributed by atoms with Crippen molar-refractivity contribution in [2.45, 2.75) is 23.6 Å². The third-order valence-corrected chi connectivity index (χ3v) is 6.07. The van der Waals surface area contributed by atoms with E-state index in [0.717, 1.165) is 28.2 Å². The largest absolute Gasteiger partial charge is 0.318 e. The Kier molecular flexibility index (Phi) is 4.45. The third-order valence-electron chi connectivity index (χ3n) is 3.73. The van der Waals surface area contributed by atoms with Crippen LogP contribution in [0.15, 0.2) is 29.7 Å². The summed E-state index contributed by atoms with van der Waals surface area (Å²) in [6, 6.07) is 3.80. The molecule has 3 rings (SSSR count). The maximum absolute atomic E-state index is 12.8. The number of nitrogens with zero attached hydrogens (tertiary/aromatic N) is 1. The predicted octanol–water partition coefficient (Wildman–Crippen LogP) is 3.90. The van der Waals surface area contributed by atoms with E-state index in [1.807, 2.05) is 18.2 Å². The van der Waals surface area contributed by atoms with Gasteiger partial charge in [0.15, 0.2) is 0 Å². The molecule has 0 radical (unpaired) electrons. The number of carbonyl (C=O) groups is 2. The standard InChI is InChI=1S/C17H17NO2S2/c1-3-5-6-12-9-13-14(10-11(12)4-2)22-17(20)16-18(15(13)19)7-8-21-16/h4-6,9-10,16H,2-3,7-8H2,1H3/b6-5-. The average molecular weight is 331 g/mol. The van der Waals surface area contributed by atoms with Crippen LogP contribution in [0.2, 0.25) is 0 Å². The summed E-state index contributed by atoms with van der Waals surface area (Å²) in [5, 5.41) is -0.298. The number of thioether (sulfide) groups is 2. The topological polar surface area (TPSA) is 37.4 Å². The summed E-state index contributed by atoms with van der Waals surface area (Å²) in [6.45, 7) is 6.55. The second-order valence-electron chi connectivity index (χ2n) is 5.13. The first-order valence-electron chi connectivity index (χ1n) is 7.27. The second kappa shape index (κ2) is 6.34. The molecule has 1 saturated heterocycles. The molecule has 2 aliphatic heterocycles. The fourth-order valence-corrected chi connectivity index (χ4v) is 4.89. The van der Waals surface area contributed by atoms with Crippen LogP contribution in [0.4, 0.5) is 0 Å². The van der Waals surface area contributed by atoms with Gasteiger partial charge in [-0.2, -0.15) is 0 Å². The van der Waals surface area contributed by atoms with Gasteiger partial charge in [0, 0.05) is 17.2 Å². The SMILES string of the molecule is C=Cc1cc2c(cc1/C=C\CC)C(=O)N1CCSC1C(=O)S2. The lowest BCUT2D eigenvalue weighted by Gasteiger charge is -2.19. The van der Waals surface area contributed by atoms with E-state index in [4.69, 9.17) is 0 Å². The predicted molar refractivity (Wildman–Crippen MR) is 94.0 cm³/mol. The Hall–Kier alpha value is -1.46. The van der Waals surface area contributed by atoms with Gasteiger partial charge >= 0.3 is 0 Å². The molecule has 1 amide bonds. The summed E-state index contributed by atoms with van der Waals surface area (Å²) in [7, 11) is 0. The maximum atomic E-state index is 12.8. The number of rotatable bonds is 3. The van der Waals surface area contributed by atoms with Crippen LogP contribution in [-0.2, 0) is 4.79 Å². The van der Waals surface area contributed by atoms with Crippen molar-refractivity contribution in [2.24, 2.45) is 0 Å². The fraction of sp³-hybridized carbons (Fsp3) is 0.294. The molecule has 0 aliphatic carbocycles. The Morgan fingerprint density at radius 3 is 2.91 bits per heavy atom. The highest BCUT2D eigenvalue weighted by Gasteiger charge is 2.39. The molecule has 1 aromatic carbocycles. The van der Waals surface area contributed by atoms with Gasteiger partial charge in [0.2, 0.25) is 5.12 Å². The first-order chi connectivity index (χ1) is 10.7. The first kappa shape index (κ1) is 15.4. The van der Waals surface area contributed by atoms with Crippen molar-refractivity contribution in [3.05, 3.63) is 41.5 Å². The number of benzene rings is 1. The molecular formula is C17H17NO2S2. The third kappa shape index (κ3) is 2.63. The fourth-order valence-electron chi connectivity index (χ4n) is 2.62. The molecular weight excluding hydrogens is 314 g/mol. The number of allylic oxidation sites excluding steroid dienone is 1. The van der Waals surface area contributed by atoms with Gasteiger partial charge in [-0.15, -0.1) is 11.8 Å². The molecule has 0 N–H and O–H groups in total. The summed E-state index contributed by atoms with van der Waals surface area (Å²) in [6.07, 6.45) is 6.77. The van der Waals surface area contributed by atoms with Gasteiger partial charge < -0.3 is 4.90 Å². The molecule has 114 valence electrons. The van der Waals surface area contributed by atoms with Crippen molar-refractivity contribution in [3.8, 4) is 0 Å². The van der Waals surface area contributed by atoms with Gasteiger partial charge in [-0.1, -0.05) is 31.7 Å². The summed E-state index contributed by atoms with van der Waals surface area (Å²) in [5.74, 6) is 0.788. The van der Waals surface area contributed by atoms with Gasteiger partial charge in [-0.3, -0.25) is 9.59 Å². The molecule has 0 bridgehead atoms. The minimum absolute atomic E-state index is 0.0369. The highest BCUT2D eigenvalue weighted by atomic mass is 32.2. The zero-order valence-electron chi connectivity index (χ0n) is 12.4. The van der Waals surface area contributed by atoms with Crippen LogP contribution >= 0.6 is 23.5 Å². The lowest BCUT2D eigenvalue weighted by Crippen LogP contribution is -2.36. The second-order valence-corrected chi connectivity index (χ2v) is 7.37. The van der Waals surface area contributed by atoms with Crippen LogP contribution in [-0.4, -0.2) is 33.6 Å². The highest BCUT2D eigenvalue weighted by molar-refractivity contribution is 8.16. The van der Waals surface area contributed by atoms with Crippen LogP contribution in [0.5, 0.6) is 0 Å². The van der Waals surface area contributed by atoms with Crippen molar-refractivity contribution < 1.29 is 9.59 Å². The molecule has 1 atom stereocenters. The van der Waals surface area contributed by atoms with Crippen molar-refractivity contribution in [1.29, 1.82) is 0 Å². The Morgan fingerprint density at radius 2 is 2.18 bits per heavy atom. The van der Waals surface area contributed by atoms with E-state index >= 15 is 0 Å². The van der Waals surface area contributed by atoms with Gasteiger partial charge in [-0.25, -0.2) is 0 Å². The Labute approximate surface area is 138 Å². The molecule has 2 heterocycles. The van der Waals surface area contributed by atoms with E-state index in [2.05, 4.69) is 19.6 Å². The number of fused-ring (bicyclic) bond motifs is 2. The molecule has 5 heteroatoms. The van der Waals surface area contributed by atoms with Gasteiger partial charge in [-0.05, 0) is 41.4 Å². The van der Waals surface area contributed by atoms with Crippen LogP contribution in [0, 0.1) is 0 Å². The molecule has 2 aliphatic rings.